The van der Waals surface area contributed by atoms with Crippen LogP contribution in [-0.2, 0) is 4.79 Å². The highest BCUT2D eigenvalue weighted by Gasteiger charge is 2.44. The first-order valence-corrected chi connectivity index (χ1v) is 9.93. The molecule has 0 radical (unpaired) electrons. The summed E-state index contributed by atoms with van der Waals surface area (Å²) in [6, 6.07) is 5.27. The number of benzene rings is 1. The van der Waals surface area contributed by atoms with Crippen LogP contribution in [0.4, 0.5) is 10.5 Å². The van der Waals surface area contributed by atoms with E-state index in [1.807, 2.05) is 30.4 Å². The SMILES string of the molecule is COc1cc(C2=NC(N3CCN(C(C)=O)CC3)=C3C=NC=C[N+]23C)ccc1NC(=O)O. The maximum atomic E-state index is 11.7. The number of nitrogens with one attached hydrogen (secondary N) is 1. The van der Waals surface area contributed by atoms with E-state index in [0.29, 0.717) is 42.1 Å². The summed E-state index contributed by atoms with van der Waals surface area (Å²) in [5.74, 6) is 2.11. The predicted octanol–water partition coefficient (Wildman–Crippen LogP) is 1.88. The van der Waals surface area contributed by atoms with Gasteiger partial charge in [0, 0.05) is 33.1 Å². The van der Waals surface area contributed by atoms with Gasteiger partial charge in [-0.2, -0.15) is 4.99 Å². The second-order valence-corrected chi connectivity index (χ2v) is 7.63. The monoisotopic (exact) mass is 425 g/mol. The highest BCUT2D eigenvalue weighted by molar-refractivity contribution is 6.01. The smallest absolute Gasteiger partial charge is 0.409 e. The molecule has 4 rings (SSSR count). The number of hydrogen-bond donors (Lipinski definition) is 2. The number of ether oxygens (including phenoxy) is 1. The molecule has 0 saturated carbocycles. The van der Waals surface area contributed by atoms with Gasteiger partial charge in [-0.25, -0.2) is 9.28 Å². The van der Waals surface area contributed by atoms with Gasteiger partial charge in [0.15, 0.2) is 5.82 Å². The van der Waals surface area contributed by atoms with Gasteiger partial charge in [-0.3, -0.25) is 15.1 Å². The first-order chi connectivity index (χ1) is 14.8. The molecule has 3 heterocycles. The minimum atomic E-state index is -1.16. The van der Waals surface area contributed by atoms with Crippen molar-refractivity contribution in [1.82, 2.24) is 9.80 Å². The van der Waals surface area contributed by atoms with Crippen molar-refractivity contribution in [3.63, 3.8) is 0 Å². The van der Waals surface area contributed by atoms with Crippen molar-refractivity contribution in [3.05, 3.63) is 47.7 Å². The second kappa shape index (κ2) is 7.88. The summed E-state index contributed by atoms with van der Waals surface area (Å²) in [7, 11) is 3.53. The summed E-state index contributed by atoms with van der Waals surface area (Å²) in [5, 5.41) is 11.4. The Balaban J connectivity index is 1.70. The fourth-order valence-electron chi connectivity index (χ4n) is 4.04. The molecule has 0 bridgehead atoms. The molecule has 3 aliphatic rings. The van der Waals surface area contributed by atoms with E-state index in [2.05, 4.69) is 15.2 Å². The lowest BCUT2D eigenvalue weighted by molar-refractivity contribution is -0.713. The molecule has 10 nitrogen and oxygen atoms in total. The number of carboxylic acid groups (broad SMARTS) is 1. The first kappa shape index (κ1) is 20.6. The second-order valence-electron chi connectivity index (χ2n) is 7.63. The minimum absolute atomic E-state index is 0.0813. The molecule has 1 aromatic rings. The summed E-state index contributed by atoms with van der Waals surface area (Å²) < 4.78 is 5.73. The molecule has 1 atom stereocenters. The van der Waals surface area contributed by atoms with Crippen LogP contribution in [-0.4, -0.2) is 83.8 Å². The number of piperazine rings is 1. The van der Waals surface area contributed by atoms with Gasteiger partial charge in [0.05, 0.1) is 37.8 Å². The largest absolute Gasteiger partial charge is 0.495 e. The zero-order valence-corrected chi connectivity index (χ0v) is 17.7. The van der Waals surface area contributed by atoms with Gasteiger partial charge in [0.25, 0.3) is 0 Å². The third-order valence-electron chi connectivity index (χ3n) is 5.75. The maximum absolute atomic E-state index is 11.7. The molecule has 0 aliphatic carbocycles. The summed E-state index contributed by atoms with van der Waals surface area (Å²) in [5.41, 5.74) is 2.12. The molecule has 3 aliphatic heterocycles. The van der Waals surface area contributed by atoms with Crippen LogP contribution in [0.25, 0.3) is 0 Å². The highest BCUT2D eigenvalue weighted by Crippen LogP contribution is 2.36. The van der Waals surface area contributed by atoms with Crippen LogP contribution in [0.2, 0.25) is 0 Å². The van der Waals surface area contributed by atoms with E-state index in [0.717, 1.165) is 22.9 Å². The van der Waals surface area contributed by atoms with Crippen LogP contribution < -0.4 is 10.1 Å². The van der Waals surface area contributed by atoms with Gasteiger partial charge < -0.3 is 19.6 Å². The fourth-order valence-corrected chi connectivity index (χ4v) is 4.04. The Morgan fingerprint density at radius 1 is 1.23 bits per heavy atom. The van der Waals surface area contributed by atoms with Crippen molar-refractivity contribution in [2.45, 2.75) is 6.92 Å². The lowest BCUT2D eigenvalue weighted by Gasteiger charge is -2.35. The van der Waals surface area contributed by atoms with Gasteiger partial charge in [-0.05, 0) is 18.2 Å². The molecular formula is C21H25N6O4+. The predicted molar refractivity (Wildman–Crippen MR) is 116 cm³/mol. The lowest BCUT2D eigenvalue weighted by atomic mass is 10.1. The van der Waals surface area contributed by atoms with Crippen molar-refractivity contribution in [3.8, 4) is 5.75 Å². The topological polar surface area (TPSA) is 107 Å². The maximum Gasteiger partial charge on any atom is 0.409 e. The van der Waals surface area contributed by atoms with Crippen LogP contribution in [0.15, 0.2) is 52.1 Å². The molecule has 31 heavy (non-hydrogen) atoms. The van der Waals surface area contributed by atoms with Crippen molar-refractivity contribution in [2.24, 2.45) is 9.98 Å². The Kier molecular flexibility index (Phi) is 5.24. The van der Waals surface area contributed by atoms with Crippen LogP contribution >= 0.6 is 0 Å². The average Bonchev–Trinajstić information content (AvgIpc) is 3.06. The van der Waals surface area contributed by atoms with E-state index >= 15 is 0 Å². The molecule has 1 unspecified atom stereocenters. The molecule has 2 amide bonds. The fraction of sp³-hybridized carbons (Fsp3) is 0.333. The van der Waals surface area contributed by atoms with Crippen molar-refractivity contribution >= 4 is 29.7 Å². The summed E-state index contributed by atoms with van der Waals surface area (Å²) in [6.07, 6.45) is 4.37. The average molecular weight is 425 g/mol. The molecule has 162 valence electrons. The molecule has 0 aromatic heterocycles. The number of hydrogen-bond acceptors (Lipinski definition) is 6. The molecule has 1 aromatic carbocycles. The van der Waals surface area contributed by atoms with E-state index in [9.17, 15) is 9.59 Å². The third-order valence-corrected chi connectivity index (χ3v) is 5.75. The zero-order chi connectivity index (χ0) is 22.2. The third kappa shape index (κ3) is 3.66. The number of nitrogens with zero attached hydrogens (tertiary/aromatic N) is 5. The minimum Gasteiger partial charge on any atom is -0.495 e. The number of methoxy groups -OCH3 is 1. The highest BCUT2D eigenvalue weighted by atomic mass is 16.5. The van der Waals surface area contributed by atoms with Crippen LogP contribution in [0.3, 0.4) is 0 Å². The molecule has 0 spiro atoms. The number of aliphatic imine (C=N–C) groups is 2. The van der Waals surface area contributed by atoms with Crippen LogP contribution in [0, 0.1) is 0 Å². The molecule has 1 saturated heterocycles. The van der Waals surface area contributed by atoms with Gasteiger partial charge in [0.1, 0.15) is 11.9 Å². The number of rotatable bonds is 4. The number of carbonyl (C=O) groups excluding carboxylic acids is 1. The van der Waals surface area contributed by atoms with E-state index in [1.165, 1.54) is 7.11 Å². The summed E-state index contributed by atoms with van der Waals surface area (Å²) in [4.78, 5) is 36.1. The molecule has 1 fully saturated rings. The van der Waals surface area contributed by atoms with E-state index < -0.39 is 6.09 Å². The number of allylic oxidation sites excluding steroid dienone is 1. The first-order valence-electron chi connectivity index (χ1n) is 9.93. The van der Waals surface area contributed by atoms with E-state index in [1.54, 1.807) is 25.3 Å². The van der Waals surface area contributed by atoms with Crippen molar-refractivity contribution in [1.29, 1.82) is 0 Å². The number of amides is 2. The van der Waals surface area contributed by atoms with Crippen molar-refractivity contribution < 1.29 is 23.9 Å². The van der Waals surface area contributed by atoms with Crippen LogP contribution in [0.5, 0.6) is 5.75 Å². The van der Waals surface area contributed by atoms with E-state index in [4.69, 9.17) is 14.8 Å². The number of quaternary nitrogens is 1. The lowest BCUT2D eigenvalue weighted by Crippen LogP contribution is -2.48. The Hall–Kier alpha value is -3.66. The molecule has 2 N–H and O–H groups in total. The summed E-state index contributed by atoms with van der Waals surface area (Å²) >= 11 is 0. The number of anilines is 1. The number of carbonyl (C=O) groups is 2. The Bertz CT molecular complexity index is 1050. The van der Waals surface area contributed by atoms with Gasteiger partial charge in [-0.15, -0.1) is 0 Å². The zero-order valence-electron chi connectivity index (χ0n) is 17.7. The number of fused-ring (bicyclic) bond motifs is 1. The molecular weight excluding hydrogens is 400 g/mol. The summed E-state index contributed by atoms with van der Waals surface area (Å²) in [6.45, 7) is 4.27. The normalized spacial score (nSPS) is 22.4. The standard InChI is InChI=1S/C21H24N6O4/c1-14(28)25-7-9-26(10-8-25)19-17-13-22-6-11-27(17,2)20(24-19)15-4-5-16(23-21(29)30)18(12-15)31-3/h4-6,11-13H,7-10H2,1-3H3,(H-,22,23,24,29,30)/p+1. The van der Waals surface area contributed by atoms with Gasteiger partial charge >= 0.3 is 6.09 Å². The van der Waals surface area contributed by atoms with Gasteiger partial charge in [0.2, 0.25) is 17.4 Å². The van der Waals surface area contributed by atoms with Crippen molar-refractivity contribution in [2.75, 3.05) is 45.7 Å². The molecule has 10 heteroatoms. The van der Waals surface area contributed by atoms with E-state index in [-0.39, 0.29) is 5.91 Å². The Morgan fingerprint density at radius 3 is 2.61 bits per heavy atom. The quantitative estimate of drug-likeness (QED) is 0.717. The Labute approximate surface area is 180 Å². The number of amidine groups is 1. The Morgan fingerprint density at radius 2 is 1.97 bits per heavy atom. The van der Waals surface area contributed by atoms with Crippen LogP contribution in [0.1, 0.15) is 12.5 Å². The van der Waals surface area contributed by atoms with Gasteiger partial charge in [-0.1, -0.05) is 0 Å².